The Labute approximate surface area is 227 Å². The molecular weight excluding hydrogens is 474 g/mol. The van der Waals surface area contributed by atoms with E-state index in [1.165, 1.54) is 78.1 Å². The summed E-state index contributed by atoms with van der Waals surface area (Å²) in [4.78, 5) is 4.75. The highest BCUT2D eigenvalue weighted by Gasteiger charge is 2.30. The first kappa shape index (κ1) is 21.1. The lowest BCUT2D eigenvalue weighted by Crippen LogP contribution is -2.19. The molecule has 1 unspecified atom stereocenters. The minimum absolute atomic E-state index is 0.215. The van der Waals surface area contributed by atoms with Gasteiger partial charge in [-0.2, -0.15) is 0 Å². The zero-order valence-electron chi connectivity index (χ0n) is 21.4. The molecule has 9 rings (SSSR count). The Kier molecular flexibility index (Phi) is 4.22. The maximum absolute atomic E-state index is 4.75. The van der Waals surface area contributed by atoms with E-state index >= 15 is 0 Å². The van der Waals surface area contributed by atoms with Crippen LogP contribution in [0.4, 0.5) is 5.69 Å². The molecule has 2 aliphatic carbocycles. The van der Waals surface area contributed by atoms with E-state index in [2.05, 4.69) is 113 Å². The van der Waals surface area contributed by atoms with Crippen LogP contribution in [0.15, 0.2) is 108 Å². The Balaban J connectivity index is 1.18. The molecule has 3 heterocycles. The number of fused-ring (bicyclic) bond motifs is 7. The molecule has 0 amide bonds. The number of anilines is 1. The summed E-state index contributed by atoms with van der Waals surface area (Å²) in [6.45, 7) is 0.863. The van der Waals surface area contributed by atoms with E-state index in [9.17, 15) is 0 Å². The van der Waals surface area contributed by atoms with Crippen molar-refractivity contribution in [2.75, 3.05) is 11.9 Å². The van der Waals surface area contributed by atoms with Gasteiger partial charge in [0.05, 0.1) is 23.1 Å². The maximum atomic E-state index is 4.75. The number of nitrogens with zero attached hydrogens (tertiary/aromatic N) is 2. The van der Waals surface area contributed by atoms with Gasteiger partial charge in [-0.15, -0.1) is 0 Å². The standard InChI is InChI=1S/C36H25N3/c1-2-8-27-26(7-1)29-10-3-9-28-25(16-17-30(27)35(28)29)22-12-14-24(15-13-22)39-33-11-5-19-38-36(33)31-21-32-23(20-34(31)39)6-4-18-37-32/h1-18,20,32,38H,19,21H2. The molecule has 0 bridgehead atoms. The van der Waals surface area contributed by atoms with Crippen LogP contribution in [0.25, 0.3) is 62.0 Å². The van der Waals surface area contributed by atoms with Crippen molar-refractivity contribution in [2.45, 2.75) is 12.5 Å². The van der Waals surface area contributed by atoms with E-state index < -0.39 is 0 Å². The van der Waals surface area contributed by atoms with Gasteiger partial charge < -0.3 is 9.88 Å². The van der Waals surface area contributed by atoms with Gasteiger partial charge in [-0.3, -0.25) is 4.99 Å². The molecule has 0 saturated carbocycles. The van der Waals surface area contributed by atoms with Gasteiger partial charge in [0.25, 0.3) is 0 Å². The van der Waals surface area contributed by atoms with E-state index in [1.54, 1.807) is 0 Å². The molecule has 4 aliphatic rings. The van der Waals surface area contributed by atoms with Crippen LogP contribution < -0.4 is 5.32 Å². The van der Waals surface area contributed by atoms with Crippen LogP contribution in [0.1, 0.15) is 17.0 Å². The Bertz CT molecular complexity index is 1950. The molecule has 3 nitrogen and oxygen atoms in total. The molecular formula is C36H25N3. The lowest BCUT2D eigenvalue weighted by molar-refractivity contribution is 0.772. The number of dihydropyridines is 1. The topological polar surface area (TPSA) is 29.3 Å². The van der Waals surface area contributed by atoms with Crippen LogP contribution in [-0.2, 0) is 6.42 Å². The van der Waals surface area contributed by atoms with Crippen LogP contribution >= 0.6 is 0 Å². The molecule has 5 aromatic rings. The van der Waals surface area contributed by atoms with Gasteiger partial charge >= 0.3 is 0 Å². The number of aliphatic imine (C=N–C) groups is 1. The number of benzene rings is 4. The van der Waals surface area contributed by atoms with Crippen molar-refractivity contribution in [3.8, 4) is 39.1 Å². The second-order valence-electron chi connectivity index (χ2n) is 10.7. The van der Waals surface area contributed by atoms with Crippen LogP contribution in [0, 0.1) is 0 Å². The predicted octanol–water partition coefficient (Wildman–Crippen LogP) is 8.33. The molecule has 3 heteroatoms. The van der Waals surface area contributed by atoms with Gasteiger partial charge in [-0.05, 0) is 80.1 Å². The molecule has 0 radical (unpaired) electrons. The number of aromatic nitrogens is 1. The van der Waals surface area contributed by atoms with E-state index in [0.29, 0.717) is 0 Å². The number of nitrogens with one attached hydrogen (secondary N) is 1. The van der Waals surface area contributed by atoms with Crippen molar-refractivity contribution < 1.29 is 0 Å². The summed E-state index contributed by atoms with van der Waals surface area (Å²) < 4.78 is 2.41. The fourth-order valence-electron chi connectivity index (χ4n) is 7.00. The molecule has 1 N–H and O–H groups in total. The van der Waals surface area contributed by atoms with Crippen LogP contribution in [0.5, 0.6) is 0 Å². The van der Waals surface area contributed by atoms with Gasteiger partial charge in [-0.25, -0.2) is 0 Å². The summed E-state index contributed by atoms with van der Waals surface area (Å²) in [6, 6.07) is 29.4. The first-order valence-electron chi connectivity index (χ1n) is 13.7. The summed E-state index contributed by atoms with van der Waals surface area (Å²) in [5.41, 5.74) is 15.5. The maximum Gasteiger partial charge on any atom is 0.0791 e. The third-order valence-corrected chi connectivity index (χ3v) is 8.73. The lowest BCUT2D eigenvalue weighted by Gasteiger charge is -2.23. The SMILES string of the molecule is C1=CC2=Cc3c(c4c(n3-c3ccc(-c5ccc6c7c(cccc57)-c5ccccc5-6)cc3)C=CCN4)CC2N=C1. The average Bonchev–Trinajstić information content (AvgIpc) is 3.50. The summed E-state index contributed by atoms with van der Waals surface area (Å²) in [5, 5.41) is 6.34. The molecule has 1 atom stereocenters. The van der Waals surface area contributed by atoms with Crippen molar-refractivity contribution >= 4 is 34.8 Å². The van der Waals surface area contributed by atoms with Crippen LogP contribution in [0.2, 0.25) is 0 Å². The van der Waals surface area contributed by atoms with E-state index in [4.69, 9.17) is 4.99 Å². The Morgan fingerprint density at radius 1 is 0.744 bits per heavy atom. The third-order valence-electron chi connectivity index (χ3n) is 8.73. The highest BCUT2D eigenvalue weighted by Crippen LogP contribution is 2.49. The van der Waals surface area contributed by atoms with Crippen LogP contribution in [0.3, 0.4) is 0 Å². The molecule has 0 spiro atoms. The molecule has 2 aliphatic heterocycles. The molecule has 0 fully saturated rings. The van der Waals surface area contributed by atoms with Crippen molar-refractivity contribution in [3.63, 3.8) is 0 Å². The van der Waals surface area contributed by atoms with E-state index in [0.717, 1.165) is 13.0 Å². The third kappa shape index (κ3) is 2.90. The lowest BCUT2D eigenvalue weighted by atomic mass is 9.90. The van der Waals surface area contributed by atoms with Crippen molar-refractivity contribution in [1.82, 2.24) is 4.57 Å². The van der Waals surface area contributed by atoms with Gasteiger partial charge in [0.1, 0.15) is 0 Å². The van der Waals surface area contributed by atoms with Crippen molar-refractivity contribution in [2.24, 2.45) is 4.99 Å². The highest BCUT2D eigenvalue weighted by molar-refractivity contribution is 6.18. The van der Waals surface area contributed by atoms with Crippen LogP contribution in [-0.4, -0.2) is 23.4 Å². The fourth-order valence-corrected chi connectivity index (χ4v) is 7.00. The number of allylic oxidation sites excluding steroid dienone is 1. The quantitative estimate of drug-likeness (QED) is 0.255. The molecule has 184 valence electrons. The Hall–Kier alpha value is -4.89. The molecule has 1 aromatic heterocycles. The van der Waals surface area contributed by atoms with Gasteiger partial charge in [-0.1, -0.05) is 78.9 Å². The Morgan fingerprint density at radius 2 is 1.54 bits per heavy atom. The van der Waals surface area contributed by atoms with E-state index in [1.807, 2.05) is 12.3 Å². The van der Waals surface area contributed by atoms with Gasteiger partial charge in [0.15, 0.2) is 0 Å². The molecule has 39 heavy (non-hydrogen) atoms. The number of hydrogen-bond acceptors (Lipinski definition) is 2. The zero-order chi connectivity index (χ0) is 25.5. The zero-order valence-corrected chi connectivity index (χ0v) is 21.4. The fraction of sp³-hybridized carbons (Fsp3) is 0.0833. The highest BCUT2D eigenvalue weighted by atomic mass is 15.1. The number of rotatable bonds is 2. The van der Waals surface area contributed by atoms with Crippen molar-refractivity contribution in [1.29, 1.82) is 0 Å². The first-order valence-corrected chi connectivity index (χ1v) is 13.7. The van der Waals surface area contributed by atoms with E-state index in [-0.39, 0.29) is 6.04 Å². The largest absolute Gasteiger partial charge is 0.380 e. The summed E-state index contributed by atoms with van der Waals surface area (Å²) >= 11 is 0. The molecule has 4 aromatic carbocycles. The summed E-state index contributed by atoms with van der Waals surface area (Å²) in [6.07, 6.45) is 13.9. The summed E-state index contributed by atoms with van der Waals surface area (Å²) in [7, 11) is 0. The van der Waals surface area contributed by atoms with Crippen molar-refractivity contribution in [3.05, 3.63) is 120 Å². The predicted molar refractivity (Wildman–Crippen MR) is 164 cm³/mol. The Morgan fingerprint density at radius 3 is 2.41 bits per heavy atom. The average molecular weight is 500 g/mol. The minimum atomic E-state index is 0.215. The van der Waals surface area contributed by atoms with Gasteiger partial charge in [0.2, 0.25) is 0 Å². The first-order chi connectivity index (χ1) is 19.3. The minimum Gasteiger partial charge on any atom is -0.380 e. The molecule has 0 saturated heterocycles. The second-order valence-corrected chi connectivity index (χ2v) is 10.7. The normalized spacial score (nSPS) is 17.3. The second kappa shape index (κ2) is 7.81. The summed E-state index contributed by atoms with van der Waals surface area (Å²) in [5.74, 6) is 0. The monoisotopic (exact) mass is 499 g/mol. The van der Waals surface area contributed by atoms with Gasteiger partial charge in [0, 0.05) is 30.4 Å². The number of hydrogen-bond donors (Lipinski definition) is 1. The smallest absolute Gasteiger partial charge is 0.0791 e.